The number of anilines is 2. The van der Waals surface area contributed by atoms with Gasteiger partial charge in [-0.3, -0.25) is 9.59 Å². The molecule has 6 nitrogen and oxygen atoms in total. The minimum Gasteiger partial charge on any atom is -0.479 e. The van der Waals surface area contributed by atoms with Crippen molar-refractivity contribution in [2.45, 2.75) is 38.8 Å². The minimum atomic E-state index is -0.926. The molecule has 108 valence electrons. The first-order valence-corrected chi connectivity index (χ1v) is 6.55. The van der Waals surface area contributed by atoms with Gasteiger partial charge in [0.25, 0.3) is 5.91 Å². The molecule has 0 aromatic heterocycles. The van der Waals surface area contributed by atoms with Crippen molar-refractivity contribution in [1.29, 1.82) is 0 Å². The Bertz CT molecular complexity index is 555. The van der Waals surface area contributed by atoms with Gasteiger partial charge in [-0.2, -0.15) is 0 Å². The van der Waals surface area contributed by atoms with Gasteiger partial charge in [0.2, 0.25) is 5.91 Å². The molecular weight excluding hydrogens is 258 g/mol. The maximum atomic E-state index is 12.0. The van der Waals surface area contributed by atoms with Gasteiger partial charge in [-0.05, 0) is 38.5 Å². The van der Waals surface area contributed by atoms with Crippen molar-refractivity contribution in [2.75, 3.05) is 10.6 Å². The highest BCUT2D eigenvalue weighted by Crippen LogP contribution is 2.32. The molecule has 0 aliphatic carbocycles. The van der Waals surface area contributed by atoms with E-state index in [-0.39, 0.29) is 11.8 Å². The largest absolute Gasteiger partial charge is 0.479 e. The van der Waals surface area contributed by atoms with Gasteiger partial charge in [-0.1, -0.05) is 6.92 Å². The summed E-state index contributed by atoms with van der Waals surface area (Å²) in [7, 11) is 0. The lowest BCUT2D eigenvalue weighted by Gasteiger charge is -2.25. The van der Waals surface area contributed by atoms with Crippen LogP contribution in [0.1, 0.15) is 27.2 Å². The van der Waals surface area contributed by atoms with Crippen molar-refractivity contribution in [2.24, 2.45) is 5.73 Å². The molecule has 2 atom stereocenters. The van der Waals surface area contributed by atoms with Crippen molar-refractivity contribution in [3.8, 4) is 5.75 Å². The third-order valence-electron chi connectivity index (χ3n) is 3.42. The second-order valence-electron chi connectivity index (χ2n) is 5.19. The molecule has 0 bridgehead atoms. The fraction of sp³-hybridized carbons (Fsp3) is 0.429. The Balaban J connectivity index is 2.18. The van der Waals surface area contributed by atoms with E-state index in [0.717, 1.165) is 0 Å². The number of carbonyl (C=O) groups is 2. The number of hydrogen-bond acceptors (Lipinski definition) is 4. The van der Waals surface area contributed by atoms with E-state index in [1.54, 1.807) is 32.0 Å². The van der Waals surface area contributed by atoms with E-state index in [1.807, 2.05) is 6.92 Å². The summed E-state index contributed by atoms with van der Waals surface area (Å²) in [5.74, 6) is 0.107. The number of carbonyl (C=O) groups excluding carboxylic acids is 2. The molecule has 1 aromatic carbocycles. The molecule has 0 saturated carbocycles. The second kappa shape index (κ2) is 5.13. The minimum absolute atomic E-state index is 0.210. The molecule has 6 heteroatoms. The summed E-state index contributed by atoms with van der Waals surface area (Å²) in [5.41, 5.74) is 6.06. The van der Waals surface area contributed by atoms with Crippen LogP contribution >= 0.6 is 0 Å². The molecule has 0 radical (unpaired) electrons. The lowest BCUT2D eigenvalue weighted by atomic mass is 9.99. The van der Waals surface area contributed by atoms with Gasteiger partial charge in [0, 0.05) is 5.69 Å². The standard InChI is InChI=1S/C14H19N3O3/c1-4-14(3,15)13(19)16-9-5-6-11-10(7-9)17-12(18)8(2)20-11/h5-8H,4,15H2,1-3H3,(H,16,19)(H,17,18). The van der Waals surface area contributed by atoms with Crippen molar-refractivity contribution < 1.29 is 14.3 Å². The topological polar surface area (TPSA) is 93.5 Å². The summed E-state index contributed by atoms with van der Waals surface area (Å²) in [5, 5.41) is 5.47. The van der Waals surface area contributed by atoms with Crippen LogP contribution in [0.25, 0.3) is 0 Å². The van der Waals surface area contributed by atoms with E-state index in [4.69, 9.17) is 10.5 Å². The van der Waals surface area contributed by atoms with Crippen molar-refractivity contribution >= 4 is 23.2 Å². The van der Waals surface area contributed by atoms with Crippen LogP contribution in [0.2, 0.25) is 0 Å². The molecule has 1 aliphatic heterocycles. The lowest BCUT2D eigenvalue weighted by Crippen LogP contribution is -2.47. The number of nitrogens with two attached hydrogens (primary N) is 1. The summed E-state index contributed by atoms with van der Waals surface area (Å²) in [6.07, 6.45) is 0.0107. The Morgan fingerprint density at radius 3 is 2.90 bits per heavy atom. The highest BCUT2D eigenvalue weighted by molar-refractivity contribution is 6.00. The van der Waals surface area contributed by atoms with Crippen LogP contribution in [-0.2, 0) is 9.59 Å². The Labute approximate surface area is 117 Å². The van der Waals surface area contributed by atoms with Crippen molar-refractivity contribution in [3.05, 3.63) is 18.2 Å². The Morgan fingerprint density at radius 2 is 2.25 bits per heavy atom. The third kappa shape index (κ3) is 2.75. The molecule has 1 aliphatic rings. The summed E-state index contributed by atoms with van der Waals surface area (Å²) >= 11 is 0. The fourth-order valence-corrected chi connectivity index (χ4v) is 1.72. The van der Waals surface area contributed by atoms with E-state index in [0.29, 0.717) is 23.5 Å². The van der Waals surface area contributed by atoms with Gasteiger partial charge < -0.3 is 21.1 Å². The normalized spacial score (nSPS) is 20.2. The molecule has 0 spiro atoms. The fourth-order valence-electron chi connectivity index (χ4n) is 1.72. The average molecular weight is 277 g/mol. The van der Waals surface area contributed by atoms with Crippen LogP contribution in [0.3, 0.4) is 0 Å². The van der Waals surface area contributed by atoms with Crippen LogP contribution in [0.5, 0.6) is 5.75 Å². The van der Waals surface area contributed by atoms with Gasteiger partial charge in [0.1, 0.15) is 5.75 Å². The van der Waals surface area contributed by atoms with Crippen LogP contribution in [-0.4, -0.2) is 23.5 Å². The zero-order valence-electron chi connectivity index (χ0n) is 11.8. The maximum Gasteiger partial charge on any atom is 0.265 e. The van der Waals surface area contributed by atoms with Crippen LogP contribution in [0, 0.1) is 0 Å². The highest BCUT2D eigenvalue weighted by Gasteiger charge is 2.27. The van der Waals surface area contributed by atoms with Crippen LogP contribution in [0.4, 0.5) is 11.4 Å². The third-order valence-corrected chi connectivity index (χ3v) is 3.42. The number of rotatable bonds is 3. The van der Waals surface area contributed by atoms with Gasteiger partial charge in [0.05, 0.1) is 11.2 Å². The van der Waals surface area contributed by atoms with Gasteiger partial charge in [-0.25, -0.2) is 0 Å². The van der Waals surface area contributed by atoms with Gasteiger partial charge in [-0.15, -0.1) is 0 Å². The SMILES string of the molecule is CCC(C)(N)C(=O)Nc1ccc2c(c1)NC(=O)C(C)O2. The Morgan fingerprint density at radius 1 is 1.55 bits per heavy atom. The number of nitrogens with one attached hydrogen (secondary N) is 2. The molecule has 4 N–H and O–H groups in total. The van der Waals surface area contributed by atoms with E-state index in [9.17, 15) is 9.59 Å². The van der Waals surface area contributed by atoms with Crippen LogP contribution < -0.4 is 21.1 Å². The van der Waals surface area contributed by atoms with Crippen molar-refractivity contribution in [3.63, 3.8) is 0 Å². The van der Waals surface area contributed by atoms with Gasteiger partial charge in [0.15, 0.2) is 6.10 Å². The molecule has 1 aromatic rings. The maximum absolute atomic E-state index is 12.0. The predicted octanol–water partition coefficient (Wildman–Crippen LogP) is 1.47. The average Bonchev–Trinajstić information content (AvgIpc) is 2.40. The number of fused-ring (bicyclic) bond motifs is 1. The van der Waals surface area contributed by atoms with E-state index >= 15 is 0 Å². The Hall–Kier alpha value is -2.08. The summed E-state index contributed by atoms with van der Waals surface area (Å²) in [4.78, 5) is 23.5. The Kier molecular flexibility index (Phi) is 3.67. The second-order valence-corrected chi connectivity index (χ2v) is 5.19. The quantitative estimate of drug-likeness (QED) is 0.780. The van der Waals surface area contributed by atoms with Gasteiger partial charge >= 0.3 is 0 Å². The smallest absolute Gasteiger partial charge is 0.265 e. The first kappa shape index (κ1) is 14.3. The lowest BCUT2D eigenvalue weighted by molar-refractivity contribution is -0.122. The molecule has 0 fully saturated rings. The number of ether oxygens (including phenoxy) is 1. The monoisotopic (exact) mass is 277 g/mol. The highest BCUT2D eigenvalue weighted by atomic mass is 16.5. The zero-order valence-corrected chi connectivity index (χ0v) is 11.8. The van der Waals surface area contributed by atoms with Crippen molar-refractivity contribution in [1.82, 2.24) is 0 Å². The molecule has 20 heavy (non-hydrogen) atoms. The predicted molar refractivity (Wildman–Crippen MR) is 76.7 cm³/mol. The molecule has 2 rings (SSSR count). The van der Waals surface area contributed by atoms with E-state index in [2.05, 4.69) is 10.6 Å². The summed E-state index contributed by atoms with van der Waals surface area (Å²) in [6, 6.07) is 5.08. The first-order valence-electron chi connectivity index (χ1n) is 6.55. The van der Waals surface area contributed by atoms with E-state index < -0.39 is 11.6 Å². The number of benzene rings is 1. The first-order chi connectivity index (χ1) is 9.33. The summed E-state index contributed by atoms with van der Waals surface area (Å²) in [6.45, 7) is 5.20. The van der Waals surface area contributed by atoms with E-state index in [1.165, 1.54) is 0 Å². The molecule has 2 unspecified atom stereocenters. The molecule has 0 saturated heterocycles. The zero-order chi connectivity index (χ0) is 14.9. The summed E-state index contributed by atoms with van der Waals surface area (Å²) < 4.78 is 5.44. The number of hydrogen-bond donors (Lipinski definition) is 3. The van der Waals surface area contributed by atoms with Crippen LogP contribution in [0.15, 0.2) is 18.2 Å². The number of amides is 2. The molecule has 1 heterocycles. The molecule has 2 amide bonds. The molecular formula is C14H19N3O3.